The van der Waals surface area contributed by atoms with Crippen LogP contribution in [0.3, 0.4) is 0 Å². The predicted molar refractivity (Wildman–Crippen MR) is 67.1 cm³/mol. The summed E-state index contributed by atoms with van der Waals surface area (Å²) in [5, 5.41) is 0. The van der Waals surface area contributed by atoms with Gasteiger partial charge in [0.1, 0.15) is 10.9 Å². The number of amides is 1. The van der Waals surface area contributed by atoms with E-state index in [1.165, 1.54) is 11.9 Å². The van der Waals surface area contributed by atoms with Gasteiger partial charge in [-0.05, 0) is 18.6 Å². The van der Waals surface area contributed by atoms with Crippen LogP contribution in [0, 0.1) is 11.6 Å². The minimum absolute atomic E-state index is 0.223. The Kier molecular flexibility index (Phi) is 3.65. The van der Waals surface area contributed by atoms with E-state index in [1.54, 1.807) is 0 Å². The van der Waals surface area contributed by atoms with Gasteiger partial charge in [-0.3, -0.25) is 4.79 Å². The van der Waals surface area contributed by atoms with Crippen molar-refractivity contribution in [3.8, 4) is 0 Å². The smallest absolute Gasteiger partial charge is 0.244 e. The second-order valence-corrected chi connectivity index (χ2v) is 6.22. The number of anilines is 1. The lowest BCUT2D eigenvalue weighted by atomic mass is 10.3. The molecule has 1 atom stereocenters. The molecular formula is C11H13F2N3O3S. The number of hydrogen-bond acceptors (Lipinski definition) is 4. The highest BCUT2D eigenvalue weighted by Gasteiger charge is 2.34. The van der Waals surface area contributed by atoms with Gasteiger partial charge in [-0.15, -0.1) is 0 Å². The third kappa shape index (κ3) is 2.59. The number of nitrogens with two attached hydrogens (primary N) is 1. The minimum atomic E-state index is -4.37. The number of hydrogen-bond donors (Lipinski definition) is 2. The lowest BCUT2D eigenvalue weighted by Crippen LogP contribution is -2.40. The van der Waals surface area contributed by atoms with Crippen molar-refractivity contribution >= 4 is 21.6 Å². The topological polar surface area (TPSA) is 92.5 Å². The van der Waals surface area contributed by atoms with Crippen LogP contribution in [0.5, 0.6) is 0 Å². The summed E-state index contributed by atoms with van der Waals surface area (Å²) in [5.74, 6) is -3.30. The van der Waals surface area contributed by atoms with E-state index in [1.807, 2.05) is 0 Å². The molecule has 0 saturated carbocycles. The summed E-state index contributed by atoms with van der Waals surface area (Å²) in [5.41, 5.74) is 5.09. The number of benzene rings is 1. The minimum Gasteiger partial charge on any atom is -0.399 e. The number of carbonyl (C=O) groups is 1. The molecule has 0 spiro atoms. The van der Waals surface area contributed by atoms with E-state index in [0.717, 1.165) is 6.07 Å². The number of likely N-dealkylation sites (N-methyl/N-ethyl adjacent to an activating group) is 1. The number of nitrogen functional groups attached to an aromatic ring is 1. The first kappa shape index (κ1) is 14.7. The van der Waals surface area contributed by atoms with Crippen LogP contribution in [0.25, 0.3) is 0 Å². The van der Waals surface area contributed by atoms with Crippen molar-refractivity contribution in [3.05, 3.63) is 23.8 Å². The standard InChI is InChI=1S/C11H13F2N3O3S/c1-16-3-2-8(11(16)17)15-20(18,19)9-5-6(14)4-7(12)10(9)13/h4-5,8,15H,2-3,14H2,1H3. The number of sulfonamides is 1. The van der Waals surface area contributed by atoms with E-state index in [4.69, 9.17) is 5.73 Å². The molecule has 3 N–H and O–H groups in total. The molecule has 1 saturated heterocycles. The summed E-state index contributed by atoms with van der Waals surface area (Å²) in [7, 11) is -2.84. The molecule has 1 amide bonds. The van der Waals surface area contributed by atoms with Crippen molar-refractivity contribution in [2.75, 3.05) is 19.3 Å². The SMILES string of the molecule is CN1CCC(NS(=O)(=O)c2cc(N)cc(F)c2F)C1=O. The highest BCUT2D eigenvalue weighted by Crippen LogP contribution is 2.22. The Hall–Kier alpha value is -1.74. The van der Waals surface area contributed by atoms with Crippen molar-refractivity contribution < 1.29 is 22.0 Å². The average Bonchev–Trinajstić information content (AvgIpc) is 2.65. The van der Waals surface area contributed by atoms with E-state index >= 15 is 0 Å². The first-order valence-corrected chi connectivity index (χ1v) is 7.22. The maximum Gasteiger partial charge on any atom is 0.244 e. The molecule has 6 nitrogen and oxygen atoms in total. The zero-order valence-corrected chi connectivity index (χ0v) is 11.4. The average molecular weight is 305 g/mol. The van der Waals surface area contributed by atoms with Gasteiger partial charge in [-0.25, -0.2) is 17.2 Å². The zero-order chi connectivity index (χ0) is 15.1. The summed E-state index contributed by atoms with van der Waals surface area (Å²) in [4.78, 5) is 12.1. The Bertz CT molecular complexity index is 663. The van der Waals surface area contributed by atoms with E-state index < -0.39 is 38.5 Å². The van der Waals surface area contributed by atoms with Gasteiger partial charge in [0, 0.05) is 19.3 Å². The van der Waals surface area contributed by atoms with Gasteiger partial charge < -0.3 is 10.6 Å². The predicted octanol–water partition coefficient (Wildman–Crippen LogP) is 0.0560. The number of rotatable bonds is 3. The van der Waals surface area contributed by atoms with Gasteiger partial charge >= 0.3 is 0 Å². The molecule has 0 aliphatic carbocycles. The van der Waals surface area contributed by atoms with Crippen molar-refractivity contribution in [3.63, 3.8) is 0 Å². The molecule has 9 heteroatoms. The summed E-state index contributed by atoms with van der Waals surface area (Å²) in [6.07, 6.45) is 0.265. The van der Waals surface area contributed by atoms with Gasteiger partial charge in [0.05, 0.1) is 0 Å². The fraction of sp³-hybridized carbons (Fsp3) is 0.364. The van der Waals surface area contributed by atoms with E-state index in [9.17, 15) is 22.0 Å². The van der Waals surface area contributed by atoms with Crippen LogP contribution < -0.4 is 10.5 Å². The maximum absolute atomic E-state index is 13.6. The van der Waals surface area contributed by atoms with Crippen LogP contribution in [0.2, 0.25) is 0 Å². The molecule has 1 aliphatic heterocycles. The normalized spacial score (nSPS) is 19.6. The molecule has 0 radical (unpaired) electrons. The molecule has 1 unspecified atom stereocenters. The second-order valence-electron chi connectivity index (χ2n) is 4.54. The largest absolute Gasteiger partial charge is 0.399 e. The van der Waals surface area contributed by atoms with Crippen LogP contribution in [-0.2, 0) is 14.8 Å². The second kappa shape index (κ2) is 4.98. The zero-order valence-electron chi connectivity index (χ0n) is 10.6. The molecular weight excluding hydrogens is 292 g/mol. The van der Waals surface area contributed by atoms with Crippen LogP contribution in [0.15, 0.2) is 17.0 Å². The molecule has 1 aromatic rings. The van der Waals surface area contributed by atoms with Gasteiger partial charge in [0.15, 0.2) is 11.6 Å². The Balaban J connectivity index is 2.34. The molecule has 0 bridgehead atoms. The fourth-order valence-corrected chi connectivity index (χ4v) is 3.31. The quantitative estimate of drug-likeness (QED) is 0.772. The van der Waals surface area contributed by atoms with E-state index in [-0.39, 0.29) is 12.1 Å². The summed E-state index contributed by atoms with van der Waals surface area (Å²) in [6, 6.07) is 0.515. The number of halogens is 2. The molecule has 1 heterocycles. The van der Waals surface area contributed by atoms with E-state index in [0.29, 0.717) is 12.6 Å². The first-order valence-electron chi connectivity index (χ1n) is 5.74. The summed E-state index contributed by atoms with van der Waals surface area (Å²) < 4.78 is 52.9. The van der Waals surface area contributed by atoms with Crippen LogP contribution >= 0.6 is 0 Å². The lowest BCUT2D eigenvalue weighted by molar-refractivity contribution is -0.127. The Morgan fingerprint density at radius 2 is 2.05 bits per heavy atom. The number of carbonyl (C=O) groups excluding carboxylic acids is 1. The molecule has 1 fully saturated rings. The molecule has 1 aromatic carbocycles. The van der Waals surface area contributed by atoms with Gasteiger partial charge in [0.25, 0.3) is 0 Å². The molecule has 0 aromatic heterocycles. The number of nitrogens with zero attached hydrogens (tertiary/aromatic N) is 1. The van der Waals surface area contributed by atoms with Crippen molar-refractivity contribution in [2.24, 2.45) is 0 Å². The van der Waals surface area contributed by atoms with Crippen LogP contribution in [-0.4, -0.2) is 38.9 Å². The van der Waals surface area contributed by atoms with Gasteiger partial charge in [-0.2, -0.15) is 4.72 Å². The summed E-state index contributed by atoms with van der Waals surface area (Å²) >= 11 is 0. The number of nitrogens with one attached hydrogen (secondary N) is 1. The maximum atomic E-state index is 13.6. The van der Waals surface area contributed by atoms with Crippen molar-refractivity contribution in [1.29, 1.82) is 0 Å². The number of likely N-dealkylation sites (tertiary alicyclic amines) is 1. The van der Waals surface area contributed by atoms with Crippen LogP contribution in [0.4, 0.5) is 14.5 Å². The molecule has 20 heavy (non-hydrogen) atoms. The Morgan fingerprint density at radius 1 is 1.40 bits per heavy atom. The first-order chi connectivity index (χ1) is 9.22. The summed E-state index contributed by atoms with van der Waals surface area (Å²) in [6.45, 7) is 0.389. The third-order valence-electron chi connectivity index (χ3n) is 3.03. The Labute approximate surface area is 114 Å². The molecule has 110 valence electrons. The van der Waals surface area contributed by atoms with E-state index in [2.05, 4.69) is 4.72 Å². The van der Waals surface area contributed by atoms with Crippen molar-refractivity contribution in [2.45, 2.75) is 17.4 Å². The van der Waals surface area contributed by atoms with Gasteiger partial charge in [0.2, 0.25) is 15.9 Å². The molecule has 2 rings (SSSR count). The highest BCUT2D eigenvalue weighted by atomic mass is 32.2. The lowest BCUT2D eigenvalue weighted by Gasteiger charge is -2.13. The monoisotopic (exact) mass is 305 g/mol. The van der Waals surface area contributed by atoms with Crippen LogP contribution in [0.1, 0.15) is 6.42 Å². The highest BCUT2D eigenvalue weighted by molar-refractivity contribution is 7.89. The Morgan fingerprint density at radius 3 is 2.60 bits per heavy atom. The fourth-order valence-electron chi connectivity index (χ4n) is 1.96. The third-order valence-corrected chi connectivity index (χ3v) is 4.50. The van der Waals surface area contributed by atoms with Crippen molar-refractivity contribution in [1.82, 2.24) is 9.62 Å². The molecule has 1 aliphatic rings. The van der Waals surface area contributed by atoms with Gasteiger partial charge in [-0.1, -0.05) is 0 Å².